The quantitative estimate of drug-likeness (QED) is 0.753. The summed E-state index contributed by atoms with van der Waals surface area (Å²) < 4.78 is 0. The first kappa shape index (κ1) is 12.5. The Morgan fingerprint density at radius 2 is 2.06 bits per heavy atom. The lowest BCUT2D eigenvalue weighted by molar-refractivity contribution is 0.102. The molecule has 5 heteroatoms. The van der Waals surface area contributed by atoms with Crippen molar-refractivity contribution in [3.8, 4) is 0 Å². The summed E-state index contributed by atoms with van der Waals surface area (Å²) in [6, 6.07) is 0. The fourth-order valence-electron chi connectivity index (χ4n) is 2.08. The summed E-state index contributed by atoms with van der Waals surface area (Å²) in [6.07, 6.45) is 1.16. The standard InChI is InChI=1S/C12H19N3OS/c1-9-11(10(2)16)17-12(13-9)15-6-4-5-14(3)7-8-15/h4-8H2,1-3H3. The third kappa shape index (κ3) is 2.84. The number of carbonyl (C=O) groups is 1. The molecule has 1 aromatic rings. The molecular weight excluding hydrogens is 234 g/mol. The lowest BCUT2D eigenvalue weighted by Crippen LogP contribution is -2.28. The average molecular weight is 253 g/mol. The van der Waals surface area contributed by atoms with E-state index in [-0.39, 0.29) is 5.78 Å². The van der Waals surface area contributed by atoms with Crippen LogP contribution in [0.4, 0.5) is 5.13 Å². The van der Waals surface area contributed by atoms with Crippen molar-refractivity contribution in [2.75, 3.05) is 38.1 Å². The molecule has 0 atom stereocenters. The molecule has 0 spiro atoms. The fraction of sp³-hybridized carbons (Fsp3) is 0.667. The number of likely N-dealkylation sites (N-methyl/N-ethyl adjacent to an activating group) is 1. The molecule has 94 valence electrons. The summed E-state index contributed by atoms with van der Waals surface area (Å²) in [6.45, 7) is 7.77. The van der Waals surface area contributed by atoms with Gasteiger partial charge in [-0.05, 0) is 26.9 Å². The number of aryl methyl sites for hydroxylation is 1. The normalized spacial score (nSPS) is 18.2. The van der Waals surface area contributed by atoms with Gasteiger partial charge < -0.3 is 9.80 Å². The maximum absolute atomic E-state index is 11.4. The number of rotatable bonds is 2. The van der Waals surface area contributed by atoms with Crippen LogP contribution in [-0.2, 0) is 0 Å². The van der Waals surface area contributed by atoms with E-state index in [9.17, 15) is 4.79 Å². The number of hydrogen-bond donors (Lipinski definition) is 0. The molecule has 0 aliphatic carbocycles. The number of hydrogen-bond acceptors (Lipinski definition) is 5. The largest absolute Gasteiger partial charge is 0.347 e. The van der Waals surface area contributed by atoms with Crippen LogP contribution in [0.5, 0.6) is 0 Å². The summed E-state index contributed by atoms with van der Waals surface area (Å²) >= 11 is 1.53. The van der Waals surface area contributed by atoms with E-state index in [0.717, 1.165) is 48.3 Å². The van der Waals surface area contributed by atoms with Crippen LogP contribution in [0.15, 0.2) is 0 Å². The van der Waals surface area contributed by atoms with E-state index in [2.05, 4.69) is 21.8 Å². The van der Waals surface area contributed by atoms with Crippen LogP contribution in [-0.4, -0.2) is 48.9 Å². The molecule has 0 saturated carbocycles. The highest BCUT2D eigenvalue weighted by atomic mass is 32.1. The van der Waals surface area contributed by atoms with Gasteiger partial charge in [0.2, 0.25) is 0 Å². The number of Topliss-reactive ketones (excluding diaryl/α,β-unsaturated/α-hetero) is 1. The molecule has 0 amide bonds. The van der Waals surface area contributed by atoms with Crippen molar-refractivity contribution >= 4 is 22.3 Å². The Balaban J connectivity index is 2.16. The summed E-state index contributed by atoms with van der Waals surface area (Å²) in [5.41, 5.74) is 0.870. The summed E-state index contributed by atoms with van der Waals surface area (Å²) in [5, 5.41) is 1.00. The molecule has 0 radical (unpaired) electrons. The van der Waals surface area contributed by atoms with E-state index < -0.39 is 0 Å². The summed E-state index contributed by atoms with van der Waals surface area (Å²) in [4.78, 5) is 21.4. The van der Waals surface area contributed by atoms with Crippen molar-refractivity contribution in [2.24, 2.45) is 0 Å². The van der Waals surface area contributed by atoms with Crippen molar-refractivity contribution in [1.29, 1.82) is 0 Å². The first-order valence-corrected chi connectivity index (χ1v) is 6.81. The molecule has 2 rings (SSSR count). The lowest BCUT2D eigenvalue weighted by Gasteiger charge is -2.19. The molecule has 1 aliphatic heterocycles. The number of anilines is 1. The molecule has 0 N–H and O–H groups in total. The molecular formula is C12H19N3OS. The molecule has 2 heterocycles. The highest BCUT2D eigenvalue weighted by molar-refractivity contribution is 7.17. The van der Waals surface area contributed by atoms with Gasteiger partial charge in [0.25, 0.3) is 0 Å². The molecule has 1 aliphatic rings. The summed E-state index contributed by atoms with van der Waals surface area (Å²) in [7, 11) is 2.15. The van der Waals surface area contributed by atoms with E-state index >= 15 is 0 Å². The van der Waals surface area contributed by atoms with Gasteiger partial charge in [0.15, 0.2) is 10.9 Å². The van der Waals surface area contributed by atoms with Crippen molar-refractivity contribution in [1.82, 2.24) is 9.88 Å². The molecule has 1 fully saturated rings. The molecule has 1 aromatic heterocycles. The smallest absolute Gasteiger partial charge is 0.186 e. The Kier molecular flexibility index (Phi) is 3.79. The van der Waals surface area contributed by atoms with Crippen LogP contribution >= 0.6 is 11.3 Å². The Hall–Kier alpha value is -0.940. The van der Waals surface area contributed by atoms with E-state index in [1.54, 1.807) is 6.92 Å². The fourth-order valence-corrected chi connectivity index (χ4v) is 3.10. The zero-order valence-electron chi connectivity index (χ0n) is 10.7. The second-order valence-corrected chi connectivity index (χ2v) is 5.59. The van der Waals surface area contributed by atoms with Gasteiger partial charge in [-0.25, -0.2) is 4.98 Å². The van der Waals surface area contributed by atoms with Crippen molar-refractivity contribution in [2.45, 2.75) is 20.3 Å². The topological polar surface area (TPSA) is 36.4 Å². The number of nitrogens with zero attached hydrogens (tertiary/aromatic N) is 3. The molecule has 1 saturated heterocycles. The zero-order chi connectivity index (χ0) is 12.4. The van der Waals surface area contributed by atoms with Crippen LogP contribution in [0.2, 0.25) is 0 Å². The van der Waals surface area contributed by atoms with Gasteiger partial charge >= 0.3 is 0 Å². The van der Waals surface area contributed by atoms with Gasteiger partial charge in [0.1, 0.15) is 0 Å². The van der Waals surface area contributed by atoms with E-state index in [4.69, 9.17) is 0 Å². The highest BCUT2D eigenvalue weighted by Gasteiger charge is 2.18. The maximum Gasteiger partial charge on any atom is 0.186 e. The zero-order valence-corrected chi connectivity index (χ0v) is 11.5. The van der Waals surface area contributed by atoms with Gasteiger partial charge in [0, 0.05) is 26.6 Å². The molecule has 4 nitrogen and oxygen atoms in total. The van der Waals surface area contributed by atoms with Crippen LogP contribution < -0.4 is 4.90 Å². The predicted molar refractivity (Wildman–Crippen MR) is 71.2 cm³/mol. The second-order valence-electron chi connectivity index (χ2n) is 4.61. The number of carbonyl (C=O) groups excluding carboxylic acids is 1. The minimum atomic E-state index is 0.123. The van der Waals surface area contributed by atoms with E-state index in [0.29, 0.717) is 0 Å². The highest BCUT2D eigenvalue weighted by Crippen LogP contribution is 2.27. The monoisotopic (exact) mass is 253 g/mol. The molecule has 17 heavy (non-hydrogen) atoms. The first-order chi connectivity index (χ1) is 8.08. The van der Waals surface area contributed by atoms with Crippen LogP contribution in [0.1, 0.15) is 28.7 Å². The number of aromatic nitrogens is 1. The van der Waals surface area contributed by atoms with Gasteiger partial charge in [-0.15, -0.1) is 0 Å². The van der Waals surface area contributed by atoms with E-state index in [1.165, 1.54) is 11.3 Å². The third-order valence-electron chi connectivity index (χ3n) is 3.10. The Morgan fingerprint density at radius 3 is 2.71 bits per heavy atom. The van der Waals surface area contributed by atoms with Crippen LogP contribution in [0.25, 0.3) is 0 Å². The van der Waals surface area contributed by atoms with E-state index in [1.807, 2.05) is 6.92 Å². The minimum absolute atomic E-state index is 0.123. The minimum Gasteiger partial charge on any atom is -0.347 e. The van der Waals surface area contributed by atoms with Gasteiger partial charge in [0.05, 0.1) is 10.6 Å². The van der Waals surface area contributed by atoms with Gasteiger partial charge in [-0.2, -0.15) is 0 Å². The Labute approximate surface area is 106 Å². The van der Waals surface area contributed by atoms with Crippen molar-refractivity contribution < 1.29 is 4.79 Å². The number of ketones is 1. The first-order valence-electron chi connectivity index (χ1n) is 6.00. The van der Waals surface area contributed by atoms with Crippen molar-refractivity contribution in [3.05, 3.63) is 10.6 Å². The van der Waals surface area contributed by atoms with Gasteiger partial charge in [-0.1, -0.05) is 11.3 Å². The Morgan fingerprint density at radius 1 is 1.29 bits per heavy atom. The molecule has 0 aromatic carbocycles. The SMILES string of the molecule is CC(=O)c1sc(N2CCCN(C)CC2)nc1C. The van der Waals surface area contributed by atoms with Gasteiger partial charge in [-0.3, -0.25) is 4.79 Å². The number of thiazole rings is 1. The van der Waals surface area contributed by atoms with Crippen LogP contribution in [0, 0.1) is 6.92 Å². The predicted octanol–water partition coefficient (Wildman–Crippen LogP) is 1.80. The third-order valence-corrected chi connectivity index (χ3v) is 4.41. The molecule has 0 bridgehead atoms. The second kappa shape index (κ2) is 5.14. The summed E-state index contributed by atoms with van der Waals surface area (Å²) in [5.74, 6) is 0.123. The van der Waals surface area contributed by atoms with Crippen molar-refractivity contribution in [3.63, 3.8) is 0 Å². The Bertz CT molecular complexity index is 416. The van der Waals surface area contributed by atoms with Crippen LogP contribution in [0.3, 0.4) is 0 Å². The maximum atomic E-state index is 11.4. The average Bonchev–Trinajstić information content (AvgIpc) is 2.52. The lowest BCUT2D eigenvalue weighted by atomic mass is 10.3. The molecule has 0 unspecified atom stereocenters.